The van der Waals surface area contributed by atoms with E-state index in [1.807, 2.05) is 0 Å². The quantitative estimate of drug-likeness (QED) is 0.622. The van der Waals surface area contributed by atoms with Gasteiger partial charge in [0.05, 0.1) is 16.9 Å². The molecule has 9 heteroatoms. The van der Waals surface area contributed by atoms with Crippen molar-refractivity contribution in [2.75, 3.05) is 13.1 Å². The van der Waals surface area contributed by atoms with E-state index in [9.17, 15) is 23.2 Å². The van der Waals surface area contributed by atoms with Crippen molar-refractivity contribution in [2.24, 2.45) is 11.8 Å². The number of benzene rings is 1. The van der Waals surface area contributed by atoms with Crippen LogP contribution in [0, 0.1) is 23.5 Å². The van der Waals surface area contributed by atoms with E-state index in [1.165, 1.54) is 4.90 Å². The Morgan fingerprint density at radius 3 is 2.43 bits per heavy atom. The van der Waals surface area contributed by atoms with Gasteiger partial charge in [0.2, 0.25) is 11.8 Å². The van der Waals surface area contributed by atoms with Gasteiger partial charge < -0.3 is 10.2 Å². The maximum atomic E-state index is 13.6. The van der Waals surface area contributed by atoms with Gasteiger partial charge in [-0.2, -0.15) is 0 Å². The molecule has 1 aromatic carbocycles. The van der Waals surface area contributed by atoms with Crippen molar-refractivity contribution in [3.05, 3.63) is 34.4 Å². The minimum Gasteiger partial charge on any atom is -0.334 e. The highest BCUT2D eigenvalue weighted by Crippen LogP contribution is 2.28. The van der Waals surface area contributed by atoms with Crippen LogP contribution in [0.5, 0.6) is 0 Å². The number of urea groups is 1. The number of carbonyl (C=O) groups is 3. The standard InChI is InChI=1S/C14H12ClF2N3O3/c15-9-2-10(16)6(1-11(9)17)3-18-14(23)20-4-7-8(5-20)13(22)19-12(7)21/h1-2,7-8H,3-5H2,(H,18,23)(H,19,21,22)/t7-,8+. The summed E-state index contributed by atoms with van der Waals surface area (Å²) in [6, 6.07) is 1.20. The highest BCUT2D eigenvalue weighted by Gasteiger charge is 2.48. The number of hydrogen-bond acceptors (Lipinski definition) is 3. The Kier molecular flexibility index (Phi) is 3.93. The van der Waals surface area contributed by atoms with Crippen molar-refractivity contribution < 1.29 is 23.2 Å². The molecule has 4 amide bonds. The highest BCUT2D eigenvalue weighted by atomic mass is 35.5. The highest BCUT2D eigenvalue weighted by molar-refractivity contribution is 6.30. The van der Waals surface area contributed by atoms with Gasteiger partial charge in [0.25, 0.3) is 0 Å². The summed E-state index contributed by atoms with van der Waals surface area (Å²) in [5.41, 5.74) is -0.0477. The number of likely N-dealkylation sites (tertiary alicyclic amines) is 1. The van der Waals surface area contributed by atoms with Crippen molar-refractivity contribution in [3.63, 3.8) is 0 Å². The molecule has 1 aromatic rings. The number of carbonyl (C=O) groups excluding carboxylic acids is 3. The van der Waals surface area contributed by atoms with Crippen LogP contribution in [0.2, 0.25) is 5.02 Å². The van der Waals surface area contributed by atoms with E-state index in [0.717, 1.165) is 12.1 Å². The van der Waals surface area contributed by atoms with Gasteiger partial charge in [0.1, 0.15) is 11.6 Å². The molecule has 0 spiro atoms. The molecule has 2 saturated heterocycles. The van der Waals surface area contributed by atoms with Crippen molar-refractivity contribution >= 4 is 29.4 Å². The predicted octanol–water partition coefficient (Wildman–Crippen LogP) is 1.03. The summed E-state index contributed by atoms with van der Waals surface area (Å²) in [4.78, 5) is 36.4. The smallest absolute Gasteiger partial charge is 0.317 e. The topological polar surface area (TPSA) is 78.5 Å². The number of fused-ring (bicyclic) bond motifs is 1. The molecule has 2 aliphatic rings. The molecular weight excluding hydrogens is 332 g/mol. The zero-order chi connectivity index (χ0) is 16.7. The fraction of sp³-hybridized carbons (Fsp3) is 0.357. The lowest BCUT2D eigenvalue weighted by atomic mass is 10.00. The molecule has 6 nitrogen and oxygen atoms in total. The molecule has 2 atom stereocenters. The van der Waals surface area contributed by atoms with Gasteiger partial charge in [-0.25, -0.2) is 13.6 Å². The van der Waals surface area contributed by atoms with Crippen molar-refractivity contribution in [3.8, 4) is 0 Å². The molecule has 0 aliphatic carbocycles. The summed E-state index contributed by atoms with van der Waals surface area (Å²) in [5.74, 6) is -3.38. The van der Waals surface area contributed by atoms with Gasteiger partial charge in [-0.05, 0) is 12.1 Å². The van der Waals surface area contributed by atoms with Gasteiger partial charge >= 0.3 is 6.03 Å². The summed E-state index contributed by atoms with van der Waals surface area (Å²) < 4.78 is 27.0. The molecule has 2 fully saturated rings. The van der Waals surface area contributed by atoms with Gasteiger partial charge in [-0.1, -0.05) is 11.6 Å². The third-order valence-corrected chi connectivity index (χ3v) is 4.34. The van der Waals surface area contributed by atoms with Crippen LogP contribution in [0.25, 0.3) is 0 Å². The average molecular weight is 344 g/mol. The Labute approximate surface area is 134 Å². The monoisotopic (exact) mass is 343 g/mol. The van der Waals surface area contributed by atoms with Crippen LogP contribution >= 0.6 is 11.6 Å². The van der Waals surface area contributed by atoms with E-state index in [1.54, 1.807) is 0 Å². The first-order valence-electron chi connectivity index (χ1n) is 6.87. The molecule has 0 aromatic heterocycles. The molecule has 0 saturated carbocycles. The van der Waals surface area contributed by atoms with Crippen molar-refractivity contribution in [1.82, 2.24) is 15.5 Å². The van der Waals surface area contributed by atoms with E-state index in [2.05, 4.69) is 10.6 Å². The molecule has 0 unspecified atom stereocenters. The minimum absolute atomic E-state index is 0.0477. The SMILES string of the molecule is O=C1NC(=O)[C@@H]2CN(C(=O)NCc3cc(F)c(Cl)cc3F)C[C@H]12. The number of rotatable bonds is 2. The first-order chi connectivity index (χ1) is 10.9. The number of hydrogen-bond donors (Lipinski definition) is 2. The number of nitrogens with zero attached hydrogens (tertiary/aromatic N) is 1. The maximum Gasteiger partial charge on any atom is 0.317 e. The molecule has 2 heterocycles. The van der Waals surface area contributed by atoms with Gasteiger partial charge in [0, 0.05) is 25.2 Å². The van der Waals surface area contributed by atoms with Gasteiger partial charge in [-0.3, -0.25) is 14.9 Å². The Bertz CT molecular complexity index is 691. The lowest BCUT2D eigenvalue weighted by Gasteiger charge is -2.18. The fourth-order valence-electron chi connectivity index (χ4n) is 2.79. The fourth-order valence-corrected chi connectivity index (χ4v) is 2.94. The van der Waals surface area contributed by atoms with E-state index >= 15 is 0 Å². The number of imide groups is 1. The molecule has 0 bridgehead atoms. The molecular formula is C14H12ClF2N3O3. The third kappa shape index (κ3) is 2.86. The predicted molar refractivity (Wildman–Crippen MR) is 75.3 cm³/mol. The lowest BCUT2D eigenvalue weighted by molar-refractivity contribution is -0.126. The molecule has 122 valence electrons. The summed E-state index contributed by atoms with van der Waals surface area (Å²) in [5, 5.41) is 4.32. The van der Waals surface area contributed by atoms with Crippen molar-refractivity contribution in [1.29, 1.82) is 0 Å². The Balaban J connectivity index is 1.62. The second-order valence-corrected chi connectivity index (χ2v) is 5.90. The van der Waals surface area contributed by atoms with Crippen LogP contribution in [0.3, 0.4) is 0 Å². The summed E-state index contributed by atoms with van der Waals surface area (Å²) in [7, 11) is 0. The summed E-state index contributed by atoms with van der Waals surface area (Å²) in [6.45, 7) is 0.00179. The zero-order valence-electron chi connectivity index (χ0n) is 11.7. The molecule has 3 rings (SSSR count). The van der Waals surface area contributed by atoms with Crippen LogP contribution in [0.4, 0.5) is 13.6 Å². The molecule has 2 N–H and O–H groups in total. The Hall–Kier alpha value is -2.22. The van der Waals surface area contributed by atoms with E-state index in [4.69, 9.17) is 11.6 Å². The van der Waals surface area contributed by atoms with Crippen LogP contribution in [0.15, 0.2) is 12.1 Å². The summed E-state index contributed by atoms with van der Waals surface area (Å²) in [6.07, 6.45) is 0. The van der Waals surface area contributed by atoms with Crippen LogP contribution in [-0.4, -0.2) is 35.8 Å². The largest absolute Gasteiger partial charge is 0.334 e. The van der Waals surface area contributed by atoms with Gasteiger partial charge in [0.15, 0.2) is 0 Å². The normalized spacial score (nSPS) is 23.0. The lowest BCUT2D eigenvalue weighted by Crippen LogP contribution is -2.41. The minimum atomic E-state index is -0.782. The van der Waals surface area contributed by atoms with Crippen LogP contribution < -0.4 is 10.6 Å². The number of amides is 4. The van der Waals surface area contributed by atoms with E-state index in [-0.39, 0.29) is 42.0 Å². The van der Waals surface area contributed by atoms with Crippen LogP contribution in [-0.2, 0) is 16.1 Å². The third-order valence-electron chi connectivity index (χ3n) is 4.05. The van der Waals surface area contributed by atoms with E-state index < -0.39 is 29.5 Å². The van der Waals surface area contributed by atoms with Crippen LogP contribution in [0.1, 0.15) is 5.56 Å². The second-order valence-electron chi connectivity index (χ2n) is 5.49. The Morgan fingerprint density at radius 2 is 1.83 bits per heavy atom. The van der Waals surface area contributed by atoms with Gasteiger partial charge in [-0.15, -0.1) is 0 Å². The second kappa shape index (κ2) is 5.77. The average Bonchev–Trinajstić information content (AvgIpc) is 3.04. The first-order valence-corrected chi connectivity index (χ1v) is 7.25. The Morgan fingerprint density at radius 1 is 1.22 bits per heavy atom. The first kappa shape index (κ1) is 15.7. The molecule has 2 aliphatic heterocycles. The zero-order valence-corrected chi connectivity index (χ0v) is 12.5. The summed E-state index contributed by atoms with van der Waals surface area (Å²) >= 11 is 5.45. The van der Waals surface area contributed by atoms with E-state index in [0.29, 0.717) is 0 Å². The number of halogens is 3. The molecule has 23 heavy (non-hydrogen) atoms. The van der Waals surface area contributed by atoms with Crippen molar-refractivity contribution in [2.45, 2.75) is 6.54 Å². The number of nitrogens with one attached hydrogen (secondary N) is 2. The maximum absolute atomic E-state index is 13.6. The molecule has 0 radical (unpaired) electrons.